The van der Waals surface area contributed by atoms with E-state index in [2.05, 4.69) is 46.7 Å². The number of nitrogens with zero attached hydrogens (tertiary/aromatic N) is 4. The SMILES string of the molecule is COc1ccc(C)cc1-n1nnnc1SCc1ccc(C)cc1. The zero-order valence-electron chi connectivity index (χ0n) is 13.4. The highest BCUT2D eigenvalue weighted by atomic mass is 32.2. The van der Waals surface area contributed by atoms with Gasteiger partial charge in [-0.15, -0.1) is 5.10 Å². The monoisotopic (exact) mass is 326 g/mol. The minimum atomic E-state index is 0.745. The van der Waals surface area contributed by atoms with Gasteiger partial charge in [0, 0.05) is 5.75 Å². The Balaban J connectivity index is 1.85. The molecule has 3 rings (SSSR count). The summed E-state index contributed by atoms with van der Waals surface area (Å²) in [6, 6.07) is 14.4. The summed E-state index contributed by atoms with van der Waals surface area (Å²) in [7, 11) is 1.65. The largest absolute Gasteiger partial charge is 0.494 e. The highest BCUT2D eigenvalue weighted by Gasteiger charge is 2.13. The van der Waals surface area contributed by atoms with Gasteiger partial charge in [0.05, 0.1) is 7.11 Å². The van der Waals surface area contributed by atoms with E-state index in [-0.39, 0.29) is 0 Å². The molecule has 0 bridgehead atoms. The quantitative estimate of drug-likeness (QED) is 0.671. The van der Waals surface area contributed by atoms with Crippen LogP contribution in [0.5, 0.6) is 5.75 Å². The van der Waals surface area contributed by atoms with Crippen molar-refractivity contribution in [3.05, 3.63) is 59.2 Å². The molecule has 0 N–H and O–H groups in total. The molecule has 0 atom stereocenters. The van der Waals surface area contributed by atoms with Gasteiger partial charge in [-0.3, -0.25) is 0 Å². The van der Waals surface area contributed by atoms with E-state index < -0.39 is 0 Å². The van der Waals surface area contributed by atoms with Crippen LogP contribution in [0.15, 0.2) is 47.6 Å². The average Bonchev–Trinajstić information content (AvgIpc) is 3.02. The Bertz CT molecular complexity index is 799. The van der Waals surface area contributed by atoms with Crippen molar-refractivity contribution in [1.82, 2.24) is 20.2 Å². The second-order valence-corrected chi connectivity index (χ2v) is 6.27. The highest BCUT2D eigenvalue weighted by Crippen LogP contribution is 2.28. The van der Waals surface area contributed by atoms with E-state index in [0.717, 1.165) is 27.9 Å². The van der Waals surface area contributed by atoms with Gasteiger partial charge >= 0.3 is 0 Å². The number of benzene rings is 2. The first-order valence-corrected chi connectivity index (χ1v) is 8.27. The lowest BCUT2D eigenvalue weighted by Crippen LogP contribution is -2.02. The standard InChI is InChI=1S/C17H18N4OS/c1-12-4-7-14(8-5-12)11-23-17-18-19-20-21(17)15-10-13(2)6-9-16(15)22-3/h4-10H,11H2,1-3H3. The van der Waals surface area contributed by atoms with Gasteiger partial charge in [0.15, 0.2) is 0 Å². The van der Waals surface area contributed by atoms with Crippen LogP contribution in [0.25, 0.3) is 5.69 Å². The summed E-state index contributed by atoms with van der Waals surface area (Å²) in [5, 5.41) is 12.8. The molecule has 1 aromatic heterocycles. The maximum Gasteiger partial charge on any atom is 0.214 e. The summed E-state index contributed by atoms with van der Waals surface area (Å²) in [4.78, 5) is 0. The topological polar surface area (TPSA) is 52.8 Å². The van der Waals surface area contributed by atoms with Crippen molar-refractivity contribution in [3.63, 3.8) is 0 Å². The number of hydrogen-bond donors (Lipinski definition) is 0. The number of ether oxygens (including phenoxy) is 1. The summed E-state index contributed by atoms with van der Waals surface area (Å²) in [6.45, 7) is 4.12. The molecule has 23 heavy (non-hydrogen) atoms. The highest BCUT2D eigenvalue weighted by molar-refractivity contribution is 7.98. The predicted octanol–water partition coefficient (Wildman–Crippen LogP) is 3.58. The van der Waals surface area contributed by atoms with Crippen molar-refractivity contribution in [1.29, 1.82) is 0 Å². The molecule has 0 radical (unpaired) electrons. The van der Waals surface area contributed by atoms with Crippen LogP contribution in [0.1, 0.15) is 16.7 Å². The van der Waals surface area contributed by atoms with E-state index in [1.807, 2.05) is 25.1 Å². The van der Waals surface area contributed by atoms with Crippen molar-refractivity contribution in [3.8, 4) is 11.4 Å². The zero-order valence-corrected chi connectivity index (χ0v) is 14.2. The number of rotatable bonds is 5. The first-order chi connectivity index (χ1) is 11.2. The summed E-state index contributed by atoms with van der Waals surface area (Å²) >= 11 is 1.60. The van der Waals surface area contributed by atoms with Crippen LogP contribution in [0, 0.1) is 13.8 Å². The normalized spacial score (nSPS) is 10.7. The molecule has 0 aliphatic rings. The first-order valence-electron chi connectivity index (χ1n) is 7.29. The van der Waals surface area contributed by atoms with E-state index in [4.69, 9.17) is 4.74 Å². The van der Waals surface area contributed by atoms with Gasteiger partial charge in [-0.2, -0.15) is 4.68 Å². The maximum atomic E-state index is 5.43. The molecule has 118 valence electrons. The van der Waals surface area contributed by atoms with Gasteiger partial charge in [-0.25, -0.2) is 0 Å². The van der Waals surface area contributed by atoms with Gasteiger partial charge in [0.25, 0.3) is 0 Å². The Labute approximate surface area is 139 Å². The molecule has 0 spiro atoms. The van der Waals surface area contributed by atoms with Crippen molar-refractivity contribution < 1.29 is 4.74 Å². The Morgan fingerprint density at radius 1 is 1.04 bits per heavy atom. The molecule has 5 nitrogen and oxygen atoms in total. The van der Waals surface area contributed by atoms with Crippen molar-refractivity contribution >= 4 is 11.8 Å². The second kappa shape index (κ2) is 6.83. The van der Waals surface area contributed by atoms with Gasteiger partial charge in [0.2, 0.25) is 5.16 Å². The summed E-state index contributed by atoms with van der Waals surface area (Å²) in [6.07, 6.45) is 0. The fraction of sp³-hybridized carbons (Fsp3) is 0.235. The van der Waals surface area contributed by atoms with Crippen LogP contribution in [0.4, 0.5) is 0 Å². The summed E-state index contributed by atoms with van der Waals surface area (Å²) in [5.74, 6) is 1.56. The molecule has 0 aliphatic heterocycles. The minimum Gasteiger partial charge on any atom is -0.494 e. The predicted molar refractivity (Wildman–Crippen MR) is 91.2 cm³/mol. The Morgan fingerprint density at radius 3 is 2.52 bits per heavy atom. The lowest BCUT2D eigenvalue weighted by atomic mass is 10.2. The van der Waals surface area contributed by atoms with E-state index >= 15 is 0 Å². The number of aryl methyl sites for hydroxylation is 2. The van der Waals surface area contributed by atoms with Gasteiger partial charge in [0.1, 0.15) is 11.4 Å². The first kappa shape index (κ1) is 15.6. The third-order valence-corrected chi connectivity index (χ3v) is 4.48. The molecule has 6 heteroatoms. The molecule has 3 aromatic rings. The van der Waals surface area contributed by atoms with Crippen LogP contribution >= 0.6 is 11.8 Å². The summed E-state index contributed by atoms with van der Waals surface area (Å²) < 4.78 is 7.16. The minimum absolute atomic E-state index is 0.745. The third-order valence-electron chi connectivity index (χ3n) is 3.49. The molecule has 0 fully saturated rings. The number of tetrazole rings is 1. The number of thioether (sulfide) groups is 1. The molecular formula is C17H18N4OS. The number of hydrogen-bond acceptors (Lipinski definition) is 5. The van der Waals surface area contributed by atoms with E-state index in [9.17, 15) is 0 Å². The molecule has 0 aliphatic carbocycles. The van der Waals surface area contributed by atoms with E-state index in [1.54, 1.807) is 23.6 Å². The smallest absolute Gasteiger partial charge is 0.214 e. The average molecular weight is 326 g/mol. The fourth-order valence-electron chi connectivity index (χ4n) is 2.22. The molecule has 0 unspecified atom stereocenters. The molecule has 2 aromatic carbocycles. The molecule has 0 amide bonds. The van der Waals surface area contributed by atoms with Crippen LogP contribution in [-0.2, 0) is 5.75 Å². The van der Waals surface area contributed by atoms with Crippen molar-refractivity contribution in [2.24, 2.45) is 0 Å². The van der Waals surface area contributed by atoms with Gasteiger partial charge in [-0.05, 0) is 47.5 Å². The van der Waals surface area contributed by atoms with Crippen LogP contribution < -0.4 is 4.74 Å². The number of aromatic nitrogens is 4. The van der Waals surface area contributed by atoms with Gasteiger partial charge < -0.3 is 4.74 Å². The van der Waals surface area contributed by atoms with Crippen molar-refractivity contribution in [2.75, 3.05) is 7.11 Å². The van der Waals surface area contributed by atoms with Crippen molar-refractivity contribution in [2.45, 2.75) is 24.8 Å². The summed E-state index contributed by atoms with van der Waals surface area (Å²) in [5.41, 5.74) is 4.48. The fourth-order valence-corrected chi connectivity index (χ4v) is 3.06. The van der Waals surface area contributed by atoms with Crippen LogP contribution in [-0.4, -0.2) is 27.3 Å². The Morgan fingerprint density at radius 2 is 1.78 bits per heavy atom. The molecule has 0 saturated heterocycles. The van der Waals surface area contributed by atoms with Crippen LogP contribution in [0.3, 0.4) is 0 Å². The zero-order chi connectivity index (χ0) is 16.2. The lowest BCUT2D eigenvalue weighted by molar-refractivity contribution is 0.410. The third kappa shape index (κ3) is 3.53. The van der Waals surface area contributed by atoms with E-state index in [0.29, 0.717) is 0 Å². The maximum absolute atomic E-state index is 5.43. The lowest BCUT2D eigenvalue weighted by Gasteiger charge is -2.10. The number of methoxy groups -OCH3 is 1. The van der Waals surface area contributed by atoms with E-state index in [1.165, 1.54) is 11.1 Å². The molecule has 1 heterocycles. The molecule has 0 saturated carbocycles. The Kier molecular flexibility index (Phi) is 4.62. The Hall–Kier alpha value is -2.34. The second-order valence-electron chi connectivity index (χ2n) is 5.32. The molecular weight excluding hydrogens is 308 g/mol. The van der Waals surface area contributed by atoms with Crippen LogP contribution in [0.2, 0.25) is 0 Å². The van der Waals surface area contributed by atoms with Gasteiger partial charge in [-0.1, -0.05) is 47.7 Å².